The molecule has 9 N–H and O–H groups in total. The summed E-state index contributed by atoms with van der Waals surface area (Å²) in [4.78, 5) is 10.6. The highest BCUT2D eigenvalue weighted by molar-refractivity contribution is 5.57. The molecule has 2 heterocycles. The monoisotopic (exact) mass is 650 g/mol. The molecule has 14 nitrogen and oxygen atoms in total. The Morgan fingerprint density at radius 1 is 0.660 bits per heavy atom. The summed E-state index contributed by atoms with van der Waals surface area (Å²) in [5, 5.41) is 93.8. The van der Waals surface area contributed by atoms with Crippen LogP contribution >= 0.6 is 0 Å². The van der Waals surface area contributed by atoms with Gasteiger partial charge >= 0.3 is 0 Å². The van der Waals surface area contributed by atoms with Gasteiger partial charge in [-0.25, -0.2) is 0 Å². The molecule has 0 saturated heterocycles. The maximum Gasteiger partial charge on any atom is 0.224 e. The summed E-state index contributed by atoms with van der Waals surface area (Å²) in [6, 6.07) is 9.79. The molecular weight excluding hydrogens is 620 g/mol. The van der Waals surface area contributed by atoms with Gasteiger partial charge in [0.15, 0.2) is 35.2 Å². The van der Waals surface area contributed by atoms with Crippen LogP contribution in [0.25, 0.3) is 0 Å². The van der Waals surface area contributed by atoms with Crippen LogP contribution in [0.3, 0.4) is 0 Å². The molecule has 2 aliphatic heterocycles. The summed E-state index contributed by atoms with van der Waals surface area (Å²) in [5.74, 6) is -3.47. The van der Waals surface area contributed by atoms with E-state index in [1.165, 1.54) is 42.5 Å². The average molecular weight is 651 g/mol. The van der Waals surface area contributed by atoms with E-state index in [-0.39, 0.29) is 81.9 Å². The van der Waals surface area contributed by atoms with Crippen LogP contribution in [0.5, 0.6) is 69.0 Å². The van der Waals surface area contributed by atoms with E-state index >= 15 is 0 Å². The smallest absolute Gasteiger partial charge is 0.224 e. The second-order valence-electron chi connectivity index (χ2n) is 11.0. The van der Waals surface area contributed by atoms with Crippen molar-refractivity contribution >= 4 is 0 Å². The number of aliphatic hydroxyl groups is 2. The number of fused-ring (bicyclic) bond motifs is 2. The van der Waals surface area contributed by atoms with Crippen molar-refractivity contribution in [3.05, 3.63) is 83.4 Å². The molecule has 246 valence electrons. The fraction of sp³-hybridized carbons (Fsp3) is 0.212. The first kappa shape index (κ1) is 31.1. The topological polar surface area (TPSA) is 228 Å². The van der Waals surface area contributed by atoms with Crippen LogP contribution < -0.4 is 24.0 Å². The van der Waals surface area contributed by atoms with Crippen LogP contribution in [0.4, 0.5) is 0 Å². The first-order chi connectivity index (χ1) is 22.4. The van der Waals surface area contributed by atoms with E-state index in [1.807, 2.05) is 0 Å². The summed E-state index contributed by atoms with van der Waals surface area (Å²) in [6.07, 6.45) is -3.26. The summed E-state index contributed by atoms with van der Waals surface area (Å²) in [6.45, 7) is 3.55. The first-order valence-electron chi connectivity index (χ1n) is 14.2. The van der Waals surface area contributed by atoms with Gasteiger partial charge in [-0.05, 0) is 24.3 Å². The lowest BCUT2D eigenvalue weighted by Crippen LogP contribution is -2.30. The number of hydrogen-bond donors (Lipinski definition) is 9. The van der Waals surface area contributed by atoms with Gasteiger partial charge in [0.1, 0.15) is 35.4 Å². The molecular formula is C33H30O14. The molecule has 14 heteroatoms. The lowest BCUT2D eigenvalue weighted by molar-refractivity contribution is -0.102. The van der Waals surface area contributed by atoms with Gasteiger partial charge in [-0.3, -0.25) is 9.78 Å². The number of rotatable bonds is 8. The second kappa shape index (κ2) is 12.2. The number of aliphatic hydroxyl groups excluding tert-OH is 2. The molecule has 47 heavy (non-hydrogen) atoms. The highest BCUT2D eigenvalue weighted by Gasteiger charge is 2.35. The van der Waals surface area contributed by atoms with Gasteiger partial charge in [0, 0.05) is 59.4 Å². The summed E-state index contributed by atoms with van der Waals surface area (Å²) < 4.78 is 17.0. The number of benzene rings is 4. The van der Waals surface area contributed by atoms with Gasteiger partial charge in [-0.2, -0.15) is 0 Å². The van der Waals surface area contributed by atoms with Crippen molar-refractivity contribution in [3.63, 3.8) is 0 Å². The van der Waals surface area contributed by atoms with E-state index in [0.29, 0.717) is 0 Å². The zero-order valence-corrected chi connectivity index (χ0v) is 24.4. The molecule has 4 aromatic rings. The predicted octanol–water partition coefficient (Wildman–Crippen LogP) is 3.64. The highest BCUT2D eigenvalue weighted by Crippen LogP contribution is 2.47. The third-order valence-electron chi connectivity index (χ3n) is 7.74. The van der Waals surface area contributed by atoms with Gasteiger partial charge in [0.2, 0.25) is 17.2 Å². The number of hydrogen-bond acceptors (Lipinski definition) is 14. The summed E-state index contributed by atoms with van der Waals surface area (Å²) >= 11 is 0. The van der Waals surface area contributed by atoms with Gasteiger partial charge in [-0.15, -0.1) is 0 Å². The Kier molecular flexibility index (Phi) is 8.05. The van der Waals surface area contributed by atoms with Crippen molar-refractivity contribution in [1.82, 2.24) is 0 Å². The number of phenols is 7. The molecule has 0 saturated carbocycles. The predicted molar refractivity (Wildman–Crippen MR) is 161 cm³/mol. The Labute approximate surface area is 266 Å². The van der Waals surface area contributed by atoms with Crippen molar-refractivity contribution in [2.45, 2.75) is 37.3 Å². The van der Waals surface area contributed by atoms with Gasteiger partial charge in [0.25, 0.3) is 0 Å². The Balaban J connectivity index is 1.23. The molecule has 0 aromatic heterocycles. The van der Waals surface area contributed by atoms with Crippen molar-refractivity contribution in [2.75, 3.05) is 6.61 Å². The van der Waals surface area contributed by atoms with E-state index in [9.17, 15) is 46.0 Å². The standard InChI is InChI=1S/C33H30O14/c1-2-3-43-33-23(38)5-14(6-24(33)39)31-25(40)13-19-21(36)10-17(11-28(19)45-31)46-47-29-7-15(4-22(37)30(29)42)32-26(41)12-18-20(35)8-16(34)9-27(18)44-32/h2,4-11,25-26,31-32,34-42H,1,3,12-13H2/t25-,26-,31-,32-/m1/s1. The molecule has 2 aliphatic rings. The minimum absolute atomic E-state index is 0.0316. The molecule has 6 rings (SSSR count). The fourth-order valence-corrected chi connectivity index (χ4v) is 5.54. The molecule has 0 aliphatic carbocycles. The Morgan fingerprint density at radius 3 is 1.83 bits per heavy atom. The van der Waals surface area contributed by atoms with Crippen molar-refractivity contribution in [2.24, 2.45) is 0 Å². The SMILES string of the molecule is C=CCOc1c(O)cc([C@H]2Oc3cc(OOc4cc([C@H]5Oc6cc(O)cc(O)c6C[C@H]5O)cc(O)c4O)cc(O)c3C[C@H]2O)cc1O. The van der Waals surface area contributed by atoms with E-state index in [2.05, 4.69) is 6.58 Å². The highest BCUT2D eigenvalue weighted by atomic mass is 17.2. The quantitative estimate of drug-likeness (QED) is 0.0574. The summed E-state index contributed by atoms with van der Waals surface area (Å²) in [7, 11) is 0. The molecule has 0 bridgehead atoms. The van der Waals surface area contributed by atoms with E-state index in [1.54, 1.807) is 0 Å². The maximum absolute atomic E-state index is 10.8. The molecule has 4 aromatic carbocycles. The Morgan fingerprint density at radius 2 is 1.21 bits per heavy atom. The second-order valence-corrected chi connectivity index (χ2v) is 11.0. The first-order valence-corrected chi connectivity index (χ1v) is 14.2. The third-order valence-corrected chi connectivity index (χ3v) is 7.74. The van der Waals surface area contributed by atoms with Crippen molar-refractivity contribution < 1.29 is 69.9 Å². The molecule has 0 unspecified atom stereocenters. The number of aromatic hydroxyl groups is 7. The normalized spacial score (nSPS) is 19.8. The number of ether oxygens (including phenoxy) is 3. The molecule has 4 atom stereocenters. The molecule has 0 fully saturated rings. The molecule has 0 spiro atoms. The van der Waals surface area contributed by atoms with Crippen LogP contribution in [0.1, 0.15) is 34.5 Å². The van der Waals surface area contributed by atoms with Gasteiger partial charge < -0.3 is 60.2 Å². The van der Waals surface area contributed by atoms with E-state index in [4.69, 9.17) is 24.0 Å². The van der Waals surface area contributed by atoms with Crippen LogP contribution in [-0.2, 0) is 12.8 Å². The maximum atomic E-state index is 10.8. The third kappa shape index (κ3) is 5.94. The lowest BCUT2D eigenvalue weighted by atomic mass is 9.93. The van der Waals surface area contributed by atoms with Crippen LogP contribution in [0, 0.1) is 0 Å². The van der Waals surface area contributed by atoms with Crippen LogP contribution in [-0.4, -0.2) is 64.8 Å². The zero-order valence-electron chi connectivity index (χ0n) is 24.4. The Hall–Kier alpha value is -5.86. The fourth-order valence-electron chi connectivity index (χ4n) is 5.54. The van der Waals surface area contributed by atoms with E-state index in [0.717, 1.165) is 12.1 Å². The van der Waals surface area contributed by atoms with Crippen LogP contribution in [0.15, 0.2) is 61.2 Å². The molecule has 0 radical (unpaired) electrons. The lowest BCUT2D eigenvalue weighted by Gasteiger charge is -2.32. The van der Waals surface area contributed by atoms with Crippen LogP contribution in [0.2, 0.25) is 0 Å². The minimum atomic E-state index is -1.20. The zero-order chi connectivity index (χ0) is 33.6. The average Bonchev–Trinajstić information content (AvgIpc) is 3.01. The van der Waals surface area contributed by atoms with Crippen molar-refractivity contribution in [3.8, 4) is 69.0 Å². The van der Waals surface area contributed by atoms with Crippen molar-refractivity contribution in [1.29, 1.82) is 0 Å². The Bertz CT molecular complexity index is 1830. The molecule has 0 amide bonds. The van der Waals surface area contributed by atoms with Gasteiger partial charge in [0.05, 0.1) is 12.2 Å². The summed E-state index contributed by atoms with van der Waals surface area (Å²) in [5.41, 5.74) is 0.884. The number of phenolic OH excluding ortho intramolecular Hbond substituents is 7. The minimum Gasteiger partial charge on any atom is -0.508 e. The largest absolute Gasteiger partial charge is 0.508 e. The van der Waals surface area contributed by atoms with E-state index < -0.39 is 53.2 Å². The van der Waals surface area contributed by atoms with Gasteiger partial charge in [-0.1, -0.05) is 12.7 Å².